The molecule has 2 rings (SSSR count). The molecule has 1 heterocycles. The van der Waals surface area contributed by atoms with Crippen LogP contribution in [0, 0.1) is 6.54 Å². The number of hydrogen-bond donors (Lipinski definition) is 1. The van der Waals surface area contributed by atoms with E-state index >= 15 is 0 Å². The molecule has 0 unspecified atom stereocenters. The van der Waals surface area contributed by atoms with Crippen molar-refractivity contribution in [1.82, 2.24) is 5.32 Å². The Kier molecular flexibility index (Phi) is 1.91. The predicted octanol–water partition coefficient (Wildman–Crippen LogP) is 1.76. The Hall–Kier alpha value is -0.820. The lowest BCUT2D eigenvalue weighted by atomic mass is 10.0. The summed E-state index contributed by atoms with van der Waals surface area (Å²) in [4.78, 5) is 0. The SMILES string of the molecule is [C]1CCc2ccccc2CN1. The Morgan fingerprint density at radius 3 is 2.91 bits per heavy atom. The Bertz CT molecular complexity index is 217. The number of fused-ring (bicyclic) bond motifs is 1. The van der Waals surface area contributed by atoms with Crippen LogP contribution in [0.15, 0.2) is 24.3 Å². The fourth-order valence-electron chi connectivity index (χ4n) is 1.42. The molecule has 0 fully saturated rings. The van der Waals surface area contributed by atoms with Gasteiger partial charge in [-0.25, -0.2) is 0 Å². The Morgan fingerprint density at radius 2 is 2.00 bits per heavy atom. The summed E-state index contributed by atoms with van der Waals surface area (Å²) in [6.45, 7) is 4.08. The maximum absolute atomic E-state index is 3.15. The topological polar surface area (TPSA) is 12.0 Å². The van der Waals surface area contributed by atoms with Gasteiger partial charge in [0.2, 0.25) is 0 Å². The van der Waals surface area contributed by atoms with Crippen molar-refractivity contribution in [1.29, 1.82) is 0 Å². The average Bonchev–Trinajstić information content (AvgIpc) is 2.28. The van der Waals surface area contributed by atoms with Crippen molar-refractivity contribution in [2.45, 2.75) is 19.4 Å². The fraction of sp³-hybridized carbons (Fsp3) is 0.300. The molecule has 0 aliphatic carbocycles. The fourth-order valence-corrected chi connectivity index (χ4v) is 1.42. The van der Waals surface area contributed by atoms with Crippen molar-refractivity contribution in [3.8, 4) is 0 Å². The molecule has 56 valence electrons. The van der Waals surface area contributed by atoms with Crippen molar-refractivity contribution >= 4 is 0 Å². The third-order valence-corrected chi connectivity index (χ3v) is 2.04. The zero-order valence-electron chi connectivity index (χ0n) is 6.43. The molecule has 0 aromatic heterocycles. The number of benzene rings is 1. The van der Waals surface area contributed by atoms with E-state index in [0.717, 1.165) is 19.4 Å². The third-order valence-electron chi connectivity index (χ3n) is 2.04. The van der Waals surface area contributed by atoms with Gasteiger partial charge >= 0.3 is 0 Å². The highest BCUT2D eigenvalue weighted by Gasteiger charge is 2.05. The summed E-state index contributed by atoms with van der Waals surface area (Å²) in [6.07, 6.45) is 2.15. The normalized spacial score (nSPS) is 17.1. The Labute approximate surface area is 67.4 Å². The molecule has 1 nitrogen and oxygen atoms in total. The van der Waals surface area contributed by atoms with E-state index in [1.807, 2.05) is 0 Å². The van der Waals surface area contributed by atoms with Gasteiger partial charge in [0, 0.05) is 6.54 Å². The first-order valence-corrected chi connectivity index (χ1v) is 3.99. The summed E-state index contributed by atoms with van der Waals surface area (Å²) < 4.78 is 0. The zero-order valence-corrected chi connectivity index (χ0v) is 6.43. The second-order valence-corrected chi connectivity index (χ2v) is 2.80. The monoisotopic (exact) mass is 145 g/mol. The molecule has 1 N–H and O–H groups in total. The molecule has 1 heteroatoms. The van der Waals surface area contributed by atoms with Gasteiger partial charge in [0.25, 0.3) is 0 Å². The van der Waals surface area contributed by atoms with Crippen molar-refractivity contribution in [3.05, 3.63) is 41.9 Å². The first-order chi connectivity index (χ1) is 5.47. The van der Waals surface area contributed by atoms with E-state index in [4.69, 9.17) is 0 Å². The highest BCUT2D eigenvalue weighted by Crippen LogP contribution is 2.14. The molecule has 0 saturated carbocycles. The van der Waals surface area contributed by atoms with Crippen LogP contribution in [0.3, 0.4) is 0 Å². The van der Waals surface area contributed by atoms with Crippen LogP contribution in [0.1, 0.15) is 17.5 Å². The number of nitrogens with one attached hydrogen (secondary N) is 1. The van der Waals surface area contributed by atoms with Crippen LogP contribution < -0.4 is 5.32 Å². The largest absolute Gasteiger partial charge is 0.304 e. The molecule has 11 heavy (non-hydrogen) atoms. The van der Waals surface area contributed by atoms with Gasteiger partial charge in [-0.3, -0.25) is 0 Å². The molecule has 1 aromatic carbocycles. The summed E-state index contributed by atoms with van der Waals surface area (Å²) in [5, 5.41) is 3.15. The van der Waals surface area contributed by atoms with Crippen molar-refractivity contribution in [2.24, 2.45) is 0 Å². The van der Waals surface area contributed by atoms with Gasteiger partial charge < -0.3 is 5.32 Å². The maximum Gasteiger partial charge on any atom is 0.0592 e. The lowest BCUT2D eigenvalue weighted by molar-refractivity contribution is 0.776. The predicted molar refractivity (Wildman–Crippen MR) is 44.8 cm³/mol. The van der Waals surface area contributed by atoms with Crippen molar-refractivity contribution in [3.63, 3.8) is 0 Å². The quantitative estimate of drug-likeness (QED) is 0.586. The second-order valence-electron chi connectivity index (χ2n) is 2.80. The van der Waals surface area contributed by atoms with E-state index in [1.165, 1.54) is 11.1 Å². The van der Waals surface area contributed by atoms with E-state index in [0.29, 0.717) is 0 Å². The smallest absolute Gasteiger partial charge is 0.0592 e. The van der Waals surface area contributed by atoms with E-state index in [-0.39, 0.29) is 0 Å². The number of aryl methyl sites for hydroxylation is 1. The number of rotatable bonds is 0. The molecular weight excluding hydrogens is 134 g/mol. The molecule has 0 bridgehead atoms. The summed E-state index contributed by atoms with van der Waals surface area (Å²) in [5.41, 5.74) is 2.88. The van der Waals surface area contributed by atoms with Crippen LogP contribution in [0.2, 0.25) is 0 Å². The Morgan fingerprint density at radius 1 is 1.18 bits per heavy atom. The standard InChI is InChI=1S/C10H11N/c1-2-5-10-8-11-7-3-6-9(10)4-1/h1-2,4-5,11H,3,6,8H2. The first-order valence-electron chi connectivity index (χ1n) is 3.99. The van der Waals surface area contributed by atoms with Gasteiger partial charge in [0.15, 0.2) is 0 Å². The van der Waals surface area contributed by atoms with Gasteiger partial charge in [0.05, 0.1) is 6.54 Å². The van der Waals surface area contributed by atoms with Crippen molar-refractivity contribution in [2.75, 3.05) is 0 Å². The molecule has 0 saturated heterocycles. The summed E-state index contributed by atoms with van der Waals surface area (Å²) >= 11 is 0. The van der Waals surface area contributed by atoms with Gasteiger partial charge in [-0.05, 0) is 24.0 Å². The minimum atomic E-state index is 0.941. The van der Waals surface area contributed by atoms with Crippen LogP contribution in [0.25, 0.3) is 0 Å². The molecule has 0 atom stereocenters. The average molecular weight is 145 g/mol. The second kappa shape index (κ2) is 3.05. The van der Waals surface area contributed by atoms with Gasteiger partial charge in [-0.1, -0.05) is 24.3 Å². The zero-order chi connectivity index (χ0) is 7.52. The third kappa shape index (κ3) is 1.43. The van der Waals surface area contributed by atoms with Gasteiger partial charge in [-0.15, -0.1) is 0 Å². The van der Waals surface area contributed by atoms with E-state index in [2.05, 4.69) is 36.1 Å². The van der Waals surface area contributed by atoms with Crippen LogP contribution >= 0.6 is 0 Å². The van der Waals surface area contributed by atoms with Crippen LogP contribution in [0.4, 0.5) is 0 Å². The van der Waals surface area contributed by atoms with E-state index in [9.17, 15) is 0 Å². The number of hydrogen-bond acceptors (Lipinski definition) is 1. The highest BCUT2D eigenvalue weighted by molar-refractivity contribution is 5.28. The minimum absolute atomic E-state index is 0.941. The summed E-state index contributed by atoms with van der Waals surface area (Å²) in [5.74, 6) is 0. The highest BCUT2D eigenvalue weighted by atomic mass is 14.8. The lowest BCUT2D eigenvalue weighted by Crippen LogP contribution is -2.06. The van der Waals surface area contributed by atoms with Crippen LogP contribution in [-0.2, 0) is 13.0 Å². The van der Waals surface area contributed by atoms with Crippen molar-refractivity contribution < 1.29 is 0 Å². The minimum Gasteiger partial charge on any atom is -0.304 e. The van der Waals surface area contributed by atoms with Crippen LogP contribution in [0.5, 0.6) is 0 Å². The lowest BCUT2D eigenvalue weighted by Gasteiger charge is -2.02. The molecule has 1 aliphatic rings. The molecule has 2 radical (unpaired) electrons. The molecular formula is C10H11N. The maximum atomic E-state index is 3.15. The molecule has 1 aromatic rings. The first kappa shape index (κ1) is 6.86. The summed E-state index contributed by atoms with van der Waals surface area (Å²) in [6, 6.07) is 8.56. The molecule has 0 amide bonds. The van der Waals surface area contributed by atoms with Gasteiger partial charge in [0.1, 0.15) is 0 Å². The molecule has 1 aliphatic heterocycles. The molecule has 0 spiro atoms. The van der Waals surface area contributed by atoms with E-state index in [1.54, 1.807) is 0 Å². The summed E-state index contributed by atoms with van der Waals surface area (Å²) in [7, 11) is 0. The Balaban J connectivity index is 2.33. The van der Waals surface area contributed by atoms with E-state index < -0.39 is 0 Å². The van der Waals surface area contributed by atoms with Crippen LogP contribution in [-0.4, -0.2) is 0 Å². The van der Waals surface area contributed by atoms with Gasteiger partial charge in [-0.2, -0.15) is 0 Å².